The summed E-state index contributed by atoms with van der Waals surface area (Å²) < 4.78 is 54.5. The third-order valence-electron chi connectivity index (χ3n) is 7.94. The molecule has 2 aromatic carbocycles. The van der Waals surface area contributed by atoms with Gasteiger partial charge in [0, 0.05) is 0 Å². The lowest BCUT2D eigenvalue weighted by Gasteiger charge is -2.29. The van der Waals surface area contributed by atoms with Gasteiger partial charge < -0.3 is 9.47 Å². The number of ether oxygens (including phenoxy) is 2. The van der Waals surface area contributed by atoms with Crippen molar-refractivity contribution < 1.29 is 27.4 Å². The van der Waals surface area contributed by atoms with E-state index in [1.165, 1.54) is 12.1 Å². The lowest BCUT2D eigenvalue weighted by molar-refractivity contribution is -0.140. The van der Waals surface area contributed by atoms with Crippen molar-refractivity contribution in [3.05, 3.63) is 58.9 Å². The maximum Gasteiger partial charge on any atom is 0.314 e. The molecule has 35 heavy (non-hydrogen) atoms. The van der Waals surface area contributed by atoms with Crippen LogP contribution in [-0.4, -0.2) is 12.6 Å². The third kappa shape index (κ3) is 5.84. The number of carbonyl (C=O) groups excluding carboxylic acids is 1. The van der Waals surface area contributed by atoms with E-state index in [2.05, 4.69) is 6.92 Å². The summed E-state index contributed by atoms with van der Waals surface area (Å²) in [5.74, 6) is -2.55. The number of carbonyl (C=O) groups is 1. The number of hydrogen-bond donors (Lipinski definition) is 0. The van der Waals surface area contributed by atoms with Gasteiger partial charge in [-0.05, 0) is 105 Å². The monoisotopic (exact) mass is 488 g/mol. The van der Waals surface area contributed by atoms with E-state index < -0.39 is 17.6 Å². The third-order valence-corrected chi connectivity index (χ3v) is 7.94. The first kappa shape index (κ1) is 25.6. The molecule has 0 saturated heterocycles. The second kappa shape index (κ2) is 11.5. The summed E-state index contributed by atoms with van der Waals surface area (Å²) in [6, 6.07) is 7.99. The molecule has 0 heterocycles. The highest BCUT2D eigenvalue weighted by molar-refractivity contribution is 5.75. The molecule has 2 aromatic rings. The molecule has 0 atom stereocenters. The highest BCUT2D eigenvalue weighted by atomic mass is 19.2. The summed E-state index contributed by atoms with van der Waals surface area (Å²) in [4.78, 5) is 12.7. The van der Waals surface area contributed by atoms with Crippen LogP contribution in [0.15, 0.2) is 30.3 Å². The van der Waals surface area contributed by atoms with E-state index in [0.29, 0.717) is 43.8 Å². The van der Waals surface area contributed by atoms with Crippen molar-refractivity contribution in [3.63, 3.8) is 0 Å². The van der Waals surface area contributed by atoms with Crippen LogP contribution in [0.4, 0.5) is 13.2 Å². The Morgan fingerprint density at radius 3 is 2.11 bits per heavy atom. The van der Waals surface area contributed by atoms with Crippen LogP contribution in [-0.2, 0) is 4.79 Å². The molecular formula is C29H35F3O3. The van der Waals surface area contributed by atoms with E-state index >= 15 is 0 Å². The molecule has 2 aliphatic rings. The summed E-state index contributed by atoms with van der Waals surface area (Å²) in [5, 5.41) is 0. The van der Waals surface area contributed by atoms with Crippen LogP contribution in [0, 0.1) is 29.3 Å². The minimum Gasteiger partial charge on any atom is -0.491 e. The maximum absolute atomic E-state index is 14.9. The van der Waals surface area contributed by atoms with Crippen molar-refractivity contribution in [3.8, 4) is 11.5 Å². The van der Waals surface area contributed by atoms with E-state index in [9.17, 15) is 18.0 Å². The Morgan fingerprint density at radius 2 is 1.49 bits per heavy atom. The van der Waals surface area contributed by atoms with Crippen molar-refractivity contribution in [1.29, 1.82) is 0 Å². The highest BCUT2D eigenvalue weighted by Crippen LogP contribution is 2.40. The topological polar surface area (TPSA) is 35.5 Å². The van der Waals surface area contributed by atoms with Crippen molar-refractivity contribution in [2.24, 2.45) is 11.8 Å². The van der Waals surface area contributed by atoms with E-state index in [0.717, 1.165) is 37.7 Å². The first-order valence-electron chi connectivity index (χ1n) is 13.0. The fourth-order valence-corrected chi connectivity index (χ4v) is 5.72. The molecule has 190 valence electrons. The fourth-order valence-electron chi connectivity index (χ4n) is 5.72. The van der Waals surface area contributed by atoms with Gasteiger partial charge in [0.25, 0.3) is 0 Å². The second-order valence-electron chi connectivity index (χ2n) is 10.00. The van der Waals surface area contributed by atoms with Crippen LogP contribution >= 0.6 is 0 Å². The van der Waals surface area contributed by atoms with Gasteiger partial charge in [-0.25, -0.2) is 8.78 Å². The second-order valence-corrected chi connectivity index (χ2v) is 10.00. The van der Waals surface area contributed by atoms with Gasteiger partial charge in [-0.2, -0.15) is 4.39 Å². The number of hydrogen-bond acceptors (Lipinski definition) is 3. The van der Waals surface area contributed by atoms with Crippen molar-refractivity contribution >= 4 is 5.97 Å². The molecule has 4 rings (SSSR count). The Balaban J connectivity index is 1.34. The van der Waals surface area contributed by atoms with Gasteiger partial charge >= 0.3 is 5.97 Å². The van der Waals surface area contributed by atoms with Crippen LogP contribution in [0.2, 0.25) is 0 Å². The lowest BCUT2D eigenvalue weighted by atomic mass is 9.77. The molecule has 2 fully saturated rings. The Labute approximate surface area is 206 Å². The van der Waals surface area contributed by atoms with E-state index in [1.807, 2.05) is 6.07 Å². The van der Waals surface area contributed by atoms with Gasteiger partial charge in [0.15, 0.2) is 23.1 Å². The standard InChI is InChI=1S/C29H35F3O3/c1-3-18-5-7-20(8-6-18)23-14-16-26(28(32)27(23)31)35-29(33)21-11-9-19(10-12-21)22-13-15-25(34-4-2)24(30)17-22/h13-21H,3-12H2,1-2H3. The zero-order chi connectivity index (χ0) is 24.9. The minimum atomic E-state index is -1.08. The SMILES string of the molecule is CCOc1ccc(C2CCC(C(=O)Oc3ccc(C4CCC(CC)CC4)c(F)c3F)CC2)cc1F. The van der Waals surface area contributed by atoms with Crippen molar-refractivity contribution in [2.75, 3.05) is 6.61 Å². The largest absolute Gasteiger partial charge is 0.491 e. The molecule has 0 spiro atoms. The van der Waals surface area contributed by atoms with Gasteiger partial charge in [-0.3, -0.25) is 4.79 Å². The summed E-state index contributed by atoms with van der Waals surface area (Å²) in [6.07, 6.45) is 7.41. The van der Waals surface area contributed by atoms with Crippen LogP contribution < -0.4 is 9.47 Å². The van der Waals surface area contributed by atoms with E-state index in [4.69, 9.17) is 9.47 Å². The predicted molar refractivity (Wildman–Crippen MR) is 129 cm³/mol. The van der Waals surface area contributed by atoms with Gasteiger partial charge in [-0.15, -0.1) is 0 Å². The molecule has 0 aromatic heterocycles. The fraction of sp³-hybridized carbons (Fsp3) is 0.552. The molecule has 2 aliphatic carbocycles. The molecule has 0 N–H and O–H groups in total. The van der Waals surface area contributed by atoms with E-state index in [1.54, 1.807) is 19.1 Å². The summed E-state index contributed by atoms with van der Waals surface area (Å²) >= 11 is 0. The Kier molecular flexibility index (Phi) is 8.40. The van der Waals surface area contributed by atoms with Crippen LogP contribution in [0.3, 0.4) is 0 Å². The lowest BCUT2D eigenvalue weighted by Crippen LogP contribution is -2.25. The molecule has 0 aliphatic heterocycles. The first-order valence-corrected chi connectivity index (χ1v) is 13.0. The maximum atomic E-state index is 14.9. The molecular weight excluding hydrogens is 453 g/mol. The number of esters is 1. The summed E-state index contributed by atoms with van der Waals surface area (Å²) in [5.41, 5.74) is 1.27. The van der Waals surface area contributed by atoms with Crippen LogP contribution in [0.25, 0.3) is 0 Å². The molecule has 0 bridgehead atoms. The average Bonchev–Trinajstić information content (AvgIpc) is 2.88. The zero-order valence-electron chi connectivity index (χ0n) is 20.6. The first-order chi connectivity index (χ1) is 16.9. The van der Waals surface area contributed by atoms with Crippen molar-refractivity contribution in [2.45, 2.75) is 83.5 Å². The van der Waals surface area contributed by atoms with Gasteiger partial charge in [0.2, 0.25) is 5.82 Å². The number of rotatable bonds is 7. The molecule has 6 heteroatoms. The normalized spacial score (nSPS) is 24.7. The Bertz CT molecular complexity index is 1020. The van der Waals surface area contributed by atoms with Crippen molar-refractivity contribution in [1.82, 2.24) is 0 Å². The molecule has 3 nitrogen and oxygen atoms in total. The van der Waals surface area contributed by atoms with E-state index in [-0.39, 0.29) is 35.1 Å². The minimum absolute atomic E-state index is 0.0137. The van der Waals surface area contributed by atoms with Gasteiger partial charge in [0.05, 0.1) is 12.5 Å². The molecule has 2 saturated carbocycles. The average molecular weight is 489 g/mol. The highest BCUT2D eigenvalue weighted by Gasteiger charge is 2.31. The summed E-state index contributed by atoms with van der Waals surface area (Å²) in [7, 11) is 0. The zero-order valence-corrected chi connectivity index (χ0v) is 20.6. The molecule has 0 unspecified atom stereocenters. The number of halogens is 3. The van der Waals surface area contributed by atoms with Gasteiger partial charge in [0.1, 0.15) is 0 Å². The molecule has 0 amide bonds. The smallest absolute Gasteiger partial charge is 0.314 e. The molecule has 0 radical (unpaired) electrons. The Morgan fingerprint density at radius 1 is 0.829 bits per heavy atom. The number of benzene rings is 2. The Hall–Kier alpha value is -2.50. The van der Waals surface area contributed by atoms with Crippen LogP contribution in [0.5, 0.6) is 11.5 Å². The predicted octanol–water partition coefficient (Wildman–Crippen LogP) is 8.07. The summed E-state index contributed by atoms with van der Waals surface area (Å²) in [6.45, 7) is 4.37. The van der Waals surface area contributed by atoms with Crippen LogP contribution in [0.1, 0.15) is 94.6 Å². The quantitative estimate of drug-likeness (QED) is 0.292. The van der Waals surface area contributed by atoms with Gasteiger partial charge in [-0.1, -0.05) is 25.5 Å².